The minimum Gasteiger partial charge on any atom is -0.481 e. The summed E-state index contributed by atoms with van der Waals surface area (Å²) in [6, 6.07) is -0.549. The maximum Gasteiger partial charge on any atom is 0.317 e. The van der Waals surface area contributed by atoms with Crippen LogP contribution in [-0.4, -0.2) is 47.5 Å². The molecular formula is C11H19N3O4. The number of primary amides is 1. The van der Waals surface area contributed by atoms with Gasteiger partial charge in [0, 0.05) is 13.1 Å². The Bertz CT molecular complexity index is 345. The van der Waals surface area contributed by atoms with E-state index in [-0.39, 0.29) is 12.6 Å². The van der Waals surface area contributed by atoms with Gasteiger partial charge in [-0.1, -0.05) is 6.42 Å². The lowest BCUT2D eigenvalue weighted by atomic mass is 9.86. The molecule has 0 aromatic rings. The fourth-order valence-electron chi connectivity index (χ4n) is 2.14. The highest BCUT2D eigenvalue weighted by Crippen LogP contribution is 2.24. The summed E-state index contributed by atoms with van der Waals surface area (Å²) in [7, 11) is 1.47. The van der Waals surface area contributed by atoms with E-state index in [1.165, 1.54) is 11.9 Å². The van der Waals surface area contributed by atoms with Crippen molar-refractivity contribution in [1.82, 2.24) is 10.2 Å². The van der Waals surface area contributed by atoms with Gasteiger partial charge in [-0.05, 0) is 19.3 Å². The molecule has 0 aliphatic heterocycles. The summed E-state index contributed by atoms with van der Waals surface area (Å²) in [6.07, 6.45) is 2.63. The second kappa shape index (κ2) is 6.23. The Morgan fingerprint density at radius 2 is 2.06 bits per heavy atom. The summed E-state index contributed by atoms with van der Waals surface area (Å²) < 4.78 is 0. The van der Waals surface area contributed by atoms with Crippen molar-refractivity contribution in [2.45, 2.75) is 31.7 Å². The van der Waals surface area contributed by atoms with Gasteiger partial charge in [-0.25, -0.2) is 4.79 Å². The number of amides is 3. The molecule has 7 nitrogen and oxygen atoms in total. The summed E-state index contributed by atoms with van der Waals surface area (Å²) in [5, 5.41) is 11.7. The van der Waals surface area contributed by atoms with Gasteiger partial charge in [-0.15, -0.1) is 0 Å². The molecule has 18 heavy (non-hydrogen) atoms. The molecule has 0 radical (unpaired) electrons. The van der Waals surface area contributed by atoms with Crippen LogP contribution >= 0.6 is 0 Å². The third-order valence-corrected chi connectivity index (χ3v) is 3.09. The van der Waals surface area contributed by atoms with Crippen LogP contribution in [0, 0.1) is 5.92 Å². The van der Waals surface area contributed by atoms with E-state index < -0.39 is 23.8 Å². The third kappa shape index (κ3) is 4.23. The molecule has 1 aliphatic rings. The average molecular weight is 257 g/mol. The first-order valence-electron chi connectivity index (χ1n) is 5.93. The van der Waals surface area contributed by atoms with Crippen LogP contribution < -0.4 is 11.1 Å². The van der Waals surface area contributed by atoms with Crippen molar-refractivity contribution in [1.29, 1.82) is 0 Å². The van der Waals surface area contributed by atoms with Gasteiger partial charge in [0.1, 0.15) is 6.54 Å². The average Bonchev–Trinajstić information content (AvgIpc) is 2.28. The molecule has 1 saturated carbocycles. The number of carboxylic acid groups (broad SMARTS) is 1. The van der Waals surface area contributed by atoms with Gasteiger partial charge in [0.25, 0.3) is 0 Å². The maximum absolute atomic E-state index is 11.7. The van der Waals surface area contributed by atoms with Gasteiger partial charge in [-0.3, -0.25) is 9.59 Å². The Morgan fingerprint density at radius 3 is 2.61 bits per heavy atom. The number of aliphatic carboxylic acids is 1. The Balaban J connectivity index is 2.44. The molecule has 4 N–H and O–H groups in total. The summed E-state index contributed by atoms with van der Waals surface area (Å²) in [4.78, 5) is 34.4. The molecule has 0 bridgehead atoms. The molecule has 2 unspecified atom stereocenters. The van der Waals surface area contributed by atoms with Gasteiger partial charge in [-0.2, -0.15) is 0 Å². The Hall–Kier alpha value is -1.79. The highest BCUT2D eigenvalue weighted by atomic mass is 16.4. The van der Waals surface area contributed by atoms with Crippen molar-refractivity contribution >= 4 is 17.9 Å². The van der Waals surface area contributed by atoms with Crippen LogP contribution in [0.2, 0.25) is 0 Å². The van der Waals surface area contributed by atoms with Crippen molar-refractivity contribution in [2.24, 2.45) is 11.7 Å². The van der Waals surface area contributed by atoms with E-state index in [4.69, 9.17) is 10.8 Å². The molecule has 1 fully saturated rings. The Kier molecular flexibility index (Phi) is 4.94. The van der Waals surface area contributed by atoms with Crippen LogP contribution in [0.3, 0.4) is 0 Å². The molecule has 2 atom stereocenters. The van der Waals surface area contributed by atoms with Crippen LogP contribution in [0.25, 0.3) is 0 Å². The normalized spacial score (nSPS) is 23.2. The first kappa shape index (κ1) is 14.3. The van der Waals surface area contributed by atoms with Crippen molar-refractivity contribution < 1.29 is 19.5 Å². The lowest BCUT2D eigenvalue weighted by Gasteiger charge is -2.29. The van der Waals surface area contributed by atoms with Crippen LogP contribution in [0.5, 0.6) is 0 Å². The van der Waals surface area contributed by atoms with Gasteiger partial charge in [0.2, 0.25) is 5.91 Å². The van der Waals surface area contributed by atoms with Crippen molar-refractivity contribution in [3.05, 3.63) is 0 Å². The molecule has 0 aromatic carbocycles. The number of nitrogens with two attached hydrogens (primary N) is 1. The number of likely N-dealkylation sites (N-methyl/N-ethyl adjacent to an activating group) is 1. The first-order chi connectivity index (χ1) is 8.40. The number of carbonyl (C=O) groups excluding carboxylic acids is 2. The number of carbonyl (C=O) groups is 3. The minimum absolute atomic E-state index is 0.150. The highest BCUT2D eigenvalue weighted by molar-refractivity contribution is 5.82. The number of carboxylic acids is 1. The topological polar surface area (TPSA) is 113 Å². The quantitative estimate of drug-likeness (QED) is 0.644. The number of hydrogen-bond acceptors (Lipinski definition) is 3. The van der Waals surface area contributed by atoms with E-state index in [2.05, 4.69) is 5.32 Å². The van der Waals surface area contributed by atoms with Crippen molar-refractivity contribution in [2.75, 3.05) is 13.6 Å². The number of rotatable bonds is 4. The SMILES string of the molecule is CN(CC(N)=O)C(=O)NC1CCCC(C(=O)O)C1. The Morgan fingerprint density at radius 1 is 1.39 bits per heavy atom. The summed E-state index contributed by atoms with van der Waals surface area (Å²) >= 11 is 0. The lowest BCUT2D eigenvalue weighted by Crippen LogP contribution is -2.47. The highest BCUT2D eigenvalue weighted by Gasteiger charge is 2.28. The van der Waals surface area contributed by atoms with Gasteiger partial charge >= 0.3 is 12.0 Å². The van der Waals surface area contributed by atoms with E-state index in [1.807, 2.05) is 0 Å². The molecule has 1 aliphatic carbocycles. The number of hydrogen-bond donors (Lipinski definition) is 3. The zero-order valence-corrected chi connectivity index (χ0v) is 10.4. The molecule has 0 saturated heterocycles. The molecule has 102 valence electrons. The van der Waals surface area contributed by atoms with Crippen LogP contribution in [0.15, 0.2) is 0 Å². The largest absolute Gasteiger partial charge is 0.481 e. The standard InChI is InChI=1S/C11H19N3O4/c1-14(6-9(12)15)11(18)13-8-4-2-3-7(5-8)10(16)17/h7-8H,2-6H2,1H3,(H2,12,15)(H,13,18)(H,16,17). The van der Waals surface area contributed by atoms with Crippen molar-refractivity contribution in [3.63, 3.8) is 0 Å². The number of nitrogens with zero attached hydrogens (tertiary/aromatic N) is 1. The van der Waals surface area contributed by atoms with E-state index in [9.17, 15) is 14.4 Å². The molecule has 7 heteroatoms. The van der Waals surface area contributed by atoms with Crippen LogP contribution in [-0.2, 0) is 9.59 Å². The summed E-state index contributed by atoms with van der Waals surface area (Å²) in [6.45, 7) is -0.152. The van der Waals surface area contributed by atoms with Gasteiger partial charge in [0.05, 0.1) is 5.92 Å². The first-order valence-corrected chi connectivity index (χ1v) is 5.93. The summed E-state index contributed by atoms with van der Waals surface area (Å²) in [5.41, 5.74) is 4.99. The van der Waals surface area contributed by atoms with E-state index in [0.717, 1.165) is 12.8 Å². The smallest absolute Gasteiger partial charge is 0.317 e. The fourth-order valence-corrected chi connectivity index (χ4v) is 2.14. The third-order valence-electron chi connectivity index (χ3n) is 3.09. The lowest BCUT2D eigenvalue weighted by molar-refractivity contribution is -0.143. The van der Waals surface area contributed by atoms with Gasteiger partial charge in [0.15, 0.2) is 0 Å². The number of urea groups is 1. The predicted octanol–water partition coefficient (Wildman–Crippen LogP) is -0.243. The molecule has 0 aromatic heterocycles. The molecule has 1 rings (SSSR count). The predicted molar refractivity (Wildman–Crippen MR) is 63.7 cm³/mol. The second-order valence-electron chi connectivity index (χ2n) is 4.67. The van der Waals surface area contributed by atoms with E-state index >= 15 is 0 Å². The van der Waals surface area contributed by atoms with E-state index in [0.29, 0.717) is 12.8 Å². The zero-order valence-electron chi connectivity index (χ0n) is 10.4. The molecule has 3 amide bonds. The summed E-state index contributed by atoms with van der Waals surface area (Å²) in [5.74, 6) is -1.80. The van der Waals surface area contributed by atoms with Gasteiger partial charge < -0.3 is 21.1 Å². The minimum atomic E-state index is -0.820. The Labute approximate surface area is 105 Å². The van der Waals surface area contributed by atoms with Crippen LogP contribution in [0.4, 0.5) is 4.79 Å². The molecule has 0 heterocycles. The number of nitrogens with one attached hydrogen (secondary N) is 1. The monoisotopic (exact) mass is 257 g/mol. The second-order valence-corrected chi connectivity index (χ2v) is 4.67. The zero-order chi connectivity index (χ0) is 13.7. The maximum atomic E-state index is 11.7. The van der Waals surface area contributed by atoms with Crippen molar-refractivity contribution in [3.8, 4) is 0 Å². The fraction of sp³-hybridized carbons (Fsp3) is 0.727. The van der Waals surface area contributed by atoms with E-state index in [1.54, 1.807) is 0 Å². The molecular weight excluding hydrogens is 238 g/mol. The molecule has 0 spiro atoms. The van der Waals surface area contributed by atoms with Crippen LogP contribution in [0.1, 0.15) is 25.7 Å².